The maximum absolute atomic E-state index is 11.8. The Morgan fingerprint density at radius 3 is 2.37 bits per heavy atom. The molecule has 2 aliphatic rings. The number of benzene rings is 1. The van der Waals surface area contributed by atoms with Gasteiger partial charge in [-0.2, -0.15) is 0 Å². The summed E-state index contributed by atoms with van der Waals surface area (Å²) < 4.78 is 0. The monoisotopic (exact) mass is 257 g/mol. The fourth-order valence-electron chi connectivity index (χ4n) is 3.78. The van der Waals surface area contributed by atoms with Gasteiger partial charge in [0.05, 0.1) is 0 Å². The molecule has 1 aromatic rings. The van der Waals surface area contributed by atoms with Gasteiger partial charge < -0.3 is 0 Å². The van der Waals surface area contributed by atoms with E-state index in [9.17, 15) is 4.79 Å². The van der Waals surface area contributed by atoms with E-state index >= 15 is 0 Å². The lowest BCUT2D eigenvalue weighted by Crippen LogP contribution is -2.51. The number of carbonyl (C=O) groups is 1. The van der Waals surface area contributed by atoms with Crippen LogP contribution in [-0.4, -0.2) is 22.8 Å². The molecule has 19 heavy (non-hydrogen) atoms. The molecular weight excluding hydrogens is 234 g/mol. The van der Waals surface area contributed by atoms with Gasteiger partial charge in [0.25, 0.3) is 0 Å². The highest BCUT2D eigenvalue weighted by Crippen LogP contribution is 2.33. The Labute approximate surface area is 115 Å². The molecule has 0 radical (unpaired) electrons. The lowest BCUT2D eigenvalue weighted by atomic mass is 9.83. The molecular formula is C17H23NO. The highest BCUT2D eigenvalue weighted by atomic mass is 16.1. The molecule has 2 fully saturated rings. The summed E-state index contributed by atoms with van der Waals surface area (Å²) >= 11 is 0. The van der Waals surface area contributed by atoms with Gasteiger partial charge in [0.2, 0.25) is 0 Å². The van der Waals surface area contributed by atoms with Crippen LogP contribution in [0.3, 0.4) is 0 Å². The van der Waals surface area contributed by atoms with E-state index in [2.05, 4.69) is 36.1 Å². The van der Waals surface area contributed by atoms with Crippen LogP contribution in [0.15, 0.2) is 24.3 Å². The maximum Gasteiger partial charge on any atom is 0.136 e. The van der Waals surface area contributed by atoms with Gasteiger partial charge in [0.15, 0.2) is 0 Å². The minimum absolute atomic E-state index is 0.481. The van der Waals surface area contributed by atoms with Crippen molar-refractivity contribution < 1.29 is 4.79 Å². The van der Waals surface area contributed by atoms with Crippen molar-refractivity contribution in [1.29, 1.82) is 0 Å². The van der Waals surface area contributed by atoms with Crippen molar-refractivity contribution in [3.63, 3.8) is 0 Å². The topological polar surface area (TPSA) is 20.3 Å². The number of ketones is 1. The van der Waals surface area contributed by atoms with Crippen LogP contribution in [0.25, 0.3) is 0 Å². The minimum Gasteiger partial charge on any atom is -0.300 e. The minimum atomic E-state index is 0.481. The molecule has 102 valence electrons. The summed E-state index contributed by atoms with van der Waals surface area (Å²) in [6.45, 7) is 3.26. The van der Waals surface area contributed by atoms with E-state index in [1.54, 1.807) is 0 Å². The van der Waals surface area contributed by atoms with Crippen molar-refractivity contribution >= 4 is 5.78 Å². The largest absolute Gasteiger partial charge is 0.300 e. The molecule has 2 saturated heterocycles. The molecule has 0 spiro atoms. The van der Waals surface area contributed by atoms with Crippen LogP contribution in [-0.2, 0) is 17.8 Å². The Morgan fingerprint density at radius 2 is 1.74 bits per heavy atom. The number of hydrogen-bond acceptors (Lipinski definition) is 2. The van der Waals surface area contributed by atoms with E-state index in [1.165, 1.54) is 30.4 Å². The zero-order valence-corrected chi connectivity index (χ0v) is 11.8. The van der Waals surface area contributed by atoms with Gasteiger partial charge in [0.1, 0.15) is 5.78 Å². The Kier molecular flexibility index (Phi) is 3.69. The molecule has 2 bridgehead atoms. The molecule has 2 heteroatoms. The van der Waals surface area contributed by atoms with Crippen LogP contribution in [0.4, 0.5) is 0 Å². The summed E-state index contributed by atoms with van der Waals surface area (Å²) in [5, 5.41) is 0. The van der Waals surface area contributed by atoms with Gasteiger partial charge in [-0.05, 0) is 30.4 Å². The lowest BCUT2D eigenvalue weighted by Gasteiger charge is -2.45. The van der Waals surface area contributed by atoms with Crippen molar-refractivity contribution in [3.8, 4) is 0 Å². The van der Waals surface area contributed by atoms with Gasteiger partial charge in [-0.1, -0.05) is 37.6 Å². The maximum atomic E-state index is 11.8. The summed E-state index contributed by atoms with van der Waals surface area (Å²) in [5.74, 6) is 0.481. The number of aryl methyl sites for hydroxylation is 1. The number of rotatable bonds is 3. The summed E-state index contributed by atoms with van der Waals surface area (Å²) in [6, 6.07) is 9.77. The predicted molar refractivity (Wildman–Crippen MR) is 77.0 cm³/mol. The van der Waals surface area contributed by atoms with Crippen molar-refractivity contribution in [3.05, 3.63) is 35.4 Å². The van der Waals surface area contributed by atoms with E-state index in [4.69, 9.17) is 0 Å². The Balaban J connectivity index is 1.80. The van der Waals surface area contributed by atoms with Crippen LogP contribution < -0.4 is 0 Å². The molecule has 0 N–H and O–H groups in total. The molecule has 1 aromatic carbocycles. The van der Waals surface area contributed by atoms with Crippen molar-refractivity contribution in [2.45, 2.75) is 64.1 Å². The van der Waals surface area contributed by atoms with Gasteiger partial charge in [-0.15, -0.1) is 0 Å². The second kappa shape index (κ2) is 5.46. The van der Waals surface area contributed by atoms with Crippen molar-refractivity contribution in [1.82, 2.24) is 4.90 Å². The molecule has 2 nitrogen and oxygen atoms in total. The van der Waals surface area contributed by atoms with Gasteiger partial charge >= 0.3 is 0 Å². The summed E-state index contributed by atoms with van der Waals surface area (Å²) in [5.41, 5.74) is 2.91. The number of piperidine rings is 2. The third-order valence-corrected chi connectivity index (χ3v) is 4.79. The molecule has 2 heterocycles. The van der Waals surface area contributed by atoms with Gasteiger partial charge in [-0.3, -0.25) is 9.69 Å². The highest BCUT2D eigenvalue weighted by molar-refractivity contribution is 5.80. The van der Waals surface area contributed by atoms with E-state index in [-0.39, 0.29) is 0 Å². The Hall–Kier alpha value is -1.15. The van der Waals surface area contributed by atoms with E-state index < -0.39 is 0 Å². The summed E-state index contributed by atoms with van der Waals surface area (Å²) in [4.78, 5) is 14.4. The van der Waals surface area contributed by atoms with Crippen molar-refractivity contribution in [2.75, 3.05) is 0 Å². The molecule has 0 amide bonds. The van der Waals surface area contributed by atoms with E-state index in [1.807, 2.05) is 0 Å². The standard InChI is InChI=1S/C17H23NO/c1-2-13-6-3-4-7-14(13)12-18-15-8-5-9-16(18)11-17(19)10-15/h3-4,6-7,15-16H,2,5,8-12H2,1H3. The zero-order chi connectivity index (χ0) is 13.2. The first-order chi connectivity index (χ1) is 9.28. The quantitative estimate of drug-likeness (QED) is 0.827. The zero-order valence-electron chi connectivity index (χ0n) is 11.8. The van der Waals surface area contributed by atoms with Crippen molar-refractivity contribution in [2.24, 2.45) is 0 Å². The van der Waals surface area contributed by atoms with Crippen LogP contribution >= 0.6 is 0 Å². The summed E-state index contributed by atoms with van der Waals surface area (Å²) in [7, 11) is 0. The molecule has 2 atom stereocenters. The van der Waals surface area contributed by atoms with Crippen LogP contribution in [0.5, 0.6) is 0 Å². The molecule has 3 rings (SSSR count). The average molecular weight is 257 g/mol. The molecule has 0 saturated carbocycles. The second-order valence-electron chi connectivity index (χ2n) is 5.98. The summed E-state index contributed by atoms with van der Waals surface area (Å²) in [6.07, 6.45) is 6.37. The fraction of sp³-hybridized carbons (Fsp3) is 0.588. The van der Waals surface area contributed by atoms with Crippen LogP contribution in [0.2, 0.25) is 0 Å². The normalized spacial score (nSPS) is 27.5. The third kappa shape index (κ3) is 2.59. The number of hydrogen-bond donors (Lipinski definition) is 0. The third-order valence-electron chi connectivity index (χ3n) is 4.79. The smallest absolute Gasteiger partial charge is 0.136 e. The predicted octanol–water partition coefficient (Wildman–Crippen LogP) is 3.34. The number of fused-ring (bicyclic) bond motifs is 2. The van der Waals surface area contributed by atoms with Crippen LogP contribution in [0.1, 0.15) is 50.2 Å². The first-order valence-electron chi connectivity index (χ1n) is 7.62. The second-order valence-corrected chi connectivity index (χ2v) is 5.98. The van der Waals surface area contributed by atoms with Gasteiger partial charge in [-0.25, -0.2) is 0 Å². The highest BCUT2D eigenvalue weighted by Gasteiger charge is 2.37. The fourth-order valence-corrected chi connectivity index (χ4v) is 3.78. The molecule has 2 unspecified atom stereocenters. The molecule has 0 aromatic heterocycles. The first-order valence-corrected chi connectivity index (χ1v) is 7.62. The number of carbonyl (C=O) groups excluding carboxylic acids is 1. The average Bonchev–Trinajstić information content (AvgIpc) is 2.40. The first kappa shape index (κ1) is 12.9. The number of Topliss-reactive ketones (excluding diaryl/α,β-unsaturated/α-hetero) is 1. The van der Waals surface area contributed by atoms with Crippen LogP contribution in [0, 0.1) is 0 Å². The molecule has 2 aliphatic heterocycles. The van der Waals surface area contributed by atoms with E-state index in [0.29, 0.717) is 17.9 Å². The Bertz CT molecular complexity index is 452. The Morgan fingerprint density at radius 1 is 1.11 bits per heavy atom. The SMILES string of the molecule is CCc1ccccc1CN1C2CCCC1CC(=O)C2. The molecule has 0 aliphatic carbocycles. The van der Waals surface area contributed by atoms with E-state index in [0.717, 1.165) is 25.8 Å². The van der Waals surface area contributed by atoms with Gasteiger partial charge in [0, 0.05) is 31.5 Å². The lowest BCUT2D eigenvalue weighted by molar-refractivity contribution is -0.127. The number of nitrogens with zero attached hydrogens (tertiary/aromatic N) is 1.